The standard InChI is InChI=1S/C19H19N3O2/c1-3-24-19(23)17-13(2)15-9-4-5-10-16(15)22-18(17)21-12-14-8-6-7-11-20-14/h4-11H,3,12H2,1-2H3,(H,21,22). The lowest BCUT2D eigenvalue weighted by Gasteiger charge is -2.15. The van der Waals surface area contributed by atoms with Crippen LogP contribution in [0.15, 0.2) is 48.7 Å². The van der Waals surface area contributed by atoms with Crippen LogP contribution in [0.5, 0.6) is 0 Å². The van der Waals surface area contributed by atoms with Crippen LogP contribution in [-0.2, 0) is 11.3 Å². The number of nitrogens with one attached hydrogen (secondary N) is 1. The molecule has 0 atom stereocenters. The Hall–Kier alpha value is -2.95. The molecule has 0 radical (unpaired) electrons. The quantitative estimate of drug-likeness (QED) is 0.726. The predicted molar refractivity (Wildman–Crippen MR) is 94.0 cm³/mol. The average molecular weight is 321 g/mol. The molecule has 3 rings (SSSR count). The van der Waals surface area contributed by atoms with Crippen molar-refractivity contribution >= 4 is 22.7 Å². The molecule has 0 amide bonds. The molecule has 5 heteroatoms. The highest BCUT2D eigenvalue weighted by Crippen LogP contribution is 2.27. The van der Waals surface area contributed by atoms with Crippen molar-refractivity contribution in [3.8, 4) is 0 Å². The Bertz CT molecular complexity index is 863. The van der Waals surface area contributed by atoms with Gasteiger partial charge in [-0.05, 0) is 37.6 Å². The maximum Gasteiger partial charge on any atom is 0.342 e. The highest BCUT2D eigenvalue weighted by atomic mass is 16.5. The third-order valence-electron chi connectivity index (χ3n) is 3.79. The summed E-state index contributed by atoms with van der Waals surface area (Å²) in [6.45, 7) is 4.52. The fourth-order valence-corrected chi connectivity index (χ4v) is 2.63. The third kappa shape index (κ3) is 3.20. The summed E-state index contributed by atoms with van der Waals surface area (Å²) in [7, 11) is 0. The summed E-state index contributed by atoms with van der Waals surface area (Å²) in [5, 5.41) is 4.18. The molecule has 1 aromatic carbocycles. The monoisotopic (exact) mass is 321 g/mol. The number of benzene rings is 1. The van der Waals surface area contributed by atoms with Crippen LogP contribution in [-0.4, -0.2) is 22.5 Å². The summed E-state index contributed by atoms with van der Waals surface area (Å²) in [4.78, 5) is 21.3. The van der Waals surface area contributed by atoms with E-state index in [-0.39, 0.29) is 5.97 Å². The van der Waals surface area contributed by atoms with Gasteiger partial charge in [0.05, 0.1) is 24.4 Å². The number of hydrogen-bond acceptors (Lipinski definition) is 5. The molecule has 24 heavy (non-hydrogen) atoms. The molecule has 0 aliphatic heterocycles. The minimum absolute atomic E-state index is 0.324. The predicted octanol–water partition coefficient (Wildman–Crippen LogP) is 3.73. The van der Waals surface area contributed by atoms with E-state index >= 15 is 0 Å². The second kappa shape index (κ2) is 7.08. The SMILES string of the molecule is CCOC(=O)c1c(NCc2ccccn2)nc2ccccc2c1C. The van der Waals surface area contributed by atoms with Crippen LogP contribution in [0.1, 0.15) is 28.5 Å². The topological polar surface area (TPSA) is 64.1 Å². The third-order valence-corrected chi connectivity index (χ3v) is 3.79. The first-order valence-electron chi connectivity index (χ1n) is 7.91. The van der Waals surface area contributed by atoms with Crippen LogP contribution >= 0.6 is 0 Å². The molecule has 1 N–H and O–H groups in total. The molecule has 2 heterocycles. The van der Waals surface area contributed by atoms with E-state index in [0.29, 0.717) is 24.5 Å². The number of aryl methyl sites for hydroxylation is 1. The fraction of sp³-hybridized carbons (Fsp3) is 0.211. The minimum atomic E-state index is -0.364. The molecule has 0 fully saturated rings. The van der Waals surface area contributed by atoms with E-state index in [1.54, 1.807) is 13.1 Å². The Morgan fingerprint density at radius 3 is 2.71 bits per heavy atom. The fourth-order valence-electron chi connectivity index (χ4n) is 2.63. The number of hydrogen-bond donors (Lipinski definition) is 1. The highest BCUT2D eigenvalue weighted by molar-refractivity contribution is 6.02. The van der Waals surface area contributed by atoms with Gasteiger partial charge in [0.1, 0.15) is 11.4 Å². The number of pyridine rings is 2. The summed E-state index contributed by atoms with van der Waals surface area (Å²) < 4.78 is 5.22. The average Bonchev–Trinajstić information content (AvgIpc) is 2.61. The molecule has 0 spiro atoms. The van der Waals surface area contributed by atoms with Crippen LogP contribution in [0, 0.1) is 6.92 Å². The van der Waals surface area contributed by atoms with Gasteiger partial charge in [0, 0.05) is 11.6 Å². The van der Waals surface area contributed by atoms with Crippen molar-refractivity contribution in [2.45, 2.75) is 20.4 Å². The molecule has 5 nitrogen and oxygen atoms in total. The van der Waals surface area contributed by atoms with E-state index in [1.807, 2.05) is 49.4 Å². The summed E-state index contributed by atoms with van der Waals surface area (Å²) in [6.07, 6.45) is 1.74. The van der Waals surface area contributed by atoms with Gasteiger partial charge in [0.25, 0.3) is 0 Å². The van der Waals surface area contributed by atoms with Gasteiger partial charge in [0.2, 0.25) is 0 Å². The van der Waals surface area contributed by atoms with E-state index in [2.05, 4.69) is 15.3 Å². The number of fused-ring (bicyclic) bond motifs is 1. The van der Waals surface area contributed by atoms with E-state index < -0.39 is 0 Å². The maximum atomic E-state index is 12.4. The normalized spacial score (nSPS) is 10.6. The molecular weight excluding hydrogens is 302 g/mol. The highest BCUT2D eigenvalue weighted by Gasteiger charge is 2.19. The van der Waals surface area contributed by atoms with E-state index in [9.17, 15) is 4.79 Å². The van der Waals surface area contributed by atoms with Gasteiger partial charge in [0.15, 0.2) is 0 Å². The van der Waals surface area contributed by atoms with Gasteiger partial charge >= 0.3 is 5.97 Å². The van der Waals surface area contributed by atoms with Crippen LogP contribution < -0.4 is 5.32 Å². The minimum Gasteiger partial charge on any atom is -0.462 e. The van der Waals surface area contributed by atoms with Crippen molar-refractivity contribution < 1.29 is 9.53 Å². The first-order valence-corrected chi connectivity index (χ1v) is 7.91. The van der Waals surface area contributed by atoms with Gasteiger partial charge in [-0.1, -0.05) is 24.3 Å². The lowest BCUT2D eigenvalue weighted by Crippen LogP contribution is -2.14. The number of esters is 1. The molecule has 0 saturated heterocycles. The van der Waals surface area contributed by atoms with Gasteiger partial charge in [-0.15, -0.1) is 0 Å². The lowest BCUT2D eigenvalue weighted by atomic mass is 10.0. The van der Waals surface area contributed by atoms with Crippen LogP contribution in [0.4, 0.5) is 5.82 Å². The van der Waals surface area contributed by atoms with Crippen LogP contribution in [0.2, 0.25) is 0 Å². The second-order valence-electron chi connectivity index (χ2n) is 5.37. The lowest BCUT2D eigenvalue weighted by molar-refractivity contribution is 0.0526. The number of anilines is 1. The van der Waals surface area contributed by atoms with Gasteiger partial charge in [-0.2, -0.15) is 0 Å². The van der Waals surface area contributed by atoms with E-state index in [4.69, 9.17) is 4.74 Å². The number of carbonyl (C=O) groups is 1. The molecule has 0 aliphatic carbocycles. The van der Waals surface area contributed by atoms with E-state index in [0.717, 1.165) is 22.2 Å². The zero-order chi connectivity index (χ0) is 16.9. The molecule has 0 saturated carbocycles. The molecule has 122 valence electrons. The number of para-hydroxylation sites is 1. The van der Waals surface area contributed by atoms with Crippen molar-refractivity contribution in [1.29, 1.82) is 0 Å². The Balaban J connectivity index is 2.03. The van der Waals surface area contributed by atoms with Gasteiger partial charge in [-0.3, -0.25) is 4.98 Å². The van der Waals surface area contributed by atoms with Crippen LogP contribution in [0.3, 0.4) is 0 Å². The number of ether oxygens (including phenoxy) is 1. The largest absolute Gasteiger partial charge is 0.462 e. The zero-order valence-electron chi connectivity index (χ0n) is 13.7. The first-order chi connectivity index (χ1) is 11.7. The van der Waals surface area contributed by atoms with Crippen molar-refractivity contribution in [2.24, 2.45) is 0 Å². The molecule has 0 bridgehead atoms. The van der Waals surface area contributed by atoms with Gasteiger partial charge < -0.3 is 10.1 Å². The van der Waals surface area contributed by atoms with E-state index in [1.165, 1.54) is 0 Å². The summed E-state index contributed by atoms with van der Waals surface area (Å²) in [5.41, 5.74) is 3.06. The van der Waals surface area contributed by atoms with Gasteiger partial charge in [-0.25, -0.2) is 9.78 Å². The summed E-state index contributed by atoms with van der Waals surface area (Å²) in [6, 6.07) is 13.5. The molecular formula is C19H19N3O2. The smallest absolute Gasteiger partial charge is 0.342 e. The maximum absolute atomic E-state index is 12.4. The summed E-state index contributed by atoms with van der Waals surface area (Å²) in [5.74, 6) is 0.159. The Kier molecular flexibility index (Phi) is 4.70. The molecule has 0 unspecified atom stereocenters. The van der Waals surface area contributed by atoms with Crippen molar-refractivity contribution in [1.82, 2.24) is 9.97 Å². The molecule has 0 aliphatic rings. The number of aromatic nitrogens is 2. The van der Waals surface area contributed by atoms with Crippen molar-refractivity contribution in [3.05, 3.63) is 65.5 Å². The summed E-state index contributed by atoms with van der Waals surface area (Å²) >= 11 is 0. The van der Waals surface area contributed by atoms with Crippen LogP contribution in [0.25, 0.3) is 10.9 Å². The Labute approximate surface area is 140 Å². The Morgan fingerprint density at radius 2 is 1.96 bits per heavy atom. The second-order valence-corrected chi connectivity index (χ2v) is 5.37. The number of nitrogens with zero attached hydrogens (tertiary/aromatic N) is 2. The van der Waals surface area contributed by atoms with Crippen molar-refractivity contribution in [2.75, 3.05) is 11.9 Å². The zero-order valence-corrected chi connectivity index (χ0v) is 13.7. The Morgan fingerprint density at radius 1 is 1.17 bits per heavy atom. The van der Waals surface area contributed by atoms with Crippen molar-refractivity contribution in [3.63, 3.8) is 0 Å². The molecule has 3 aromatic rings. The molecule has 2 aromatic heterocycles. The first kappa shape index (κ1) is 15.9. The number of carbonyl (C=O) groups excluding carboxylic acids is 1. The number of rotatable bonds is 5.